The zero-order valence-electron chi connectivity index (χ0n) is 12.2. The van der Waals surface area contributed by atoms with Gasteiger partial charge in [-0.15, -0.1) is 0 Å². The highest BCUT2D eigenvalue weighted by Gasteiger charge is 2.08. The third kappa shape index (κ3) is 4.13. The topological polar surface area (TPSA) is 38.7 Å². The Morgan fingerprint density at radius 3 is 2.43 bits per heavy atom. The predicted octanol–water partition coefficient (Wildman–Crippen LogP) is 4.02. The minimum absolute atomic E-state index is 0.0677. The summed E-state index contributed by atoms with van der Waals surface area (Å²) in [4.78, 5) is 0. The van der Waals surface area contributed by atoms with Gasteiger partial charge >= 0.3 is 0 Å². The van der Waals surface area contributed by atoms with Crippen molar-refractivity contribution in [3.05, 3.63) is 58.6 Å². The van der Waals surface area contributed by atoms with Gasteiger partial charge in [-0.25, -0.2) is 0 Å². The fraction of sp³-hybridized carbons (Fsp3) is 0.294. The minimum Gasteiger partial charge on any atom is -0.497 e. The summed E-state index contributed by atoms with van der Waals surface area (Å²) < 4.78 is 10.8. The number of halogens is 1. The van der Waals surface area contributed by atoms with E-state index in [-0.39, 0.29) is 12.5 Å². The highest BCUT2D eigenvalue weighted by atomic mass is 35.5. The lowest BCUT2D eigenvalue weighted by molar-refractivity contribution is 0.272. The molecule has 0 fully saturated rings. The van der Waals surface area contributed by atoms with Crippen LogP contribution >= 0.6 is 11.6 Å². The summed E-state index contributed by atoms with van der Waals surface area (Å²) in [5.74, 6) is 1.53. The first-order chi connectivity index (χ1) is 10.1. The Morgan fingerprint density at radius 1 is 1.14 bits per heavy atom. The first-order valence-corrected chi connectivity index (χ1v) is 7.18. The quantitative estimate of drug-likeness (QED) is 0.876. The van der Waals surface area contributed by atoms with E-state index in [0.717, 1.165) is 16.9 Å². The van der Waals surface area contributed by atoms with Crippen molar-refractivity contribution in [1.82, 2.24) is 0 Å². The Kier molecular flexibility index (Phi) is 5.48. The fourth-order valence-corrected chi connectivity index (χ4v) is 2.17. The number of hydrogen-bond acceptors (Lipinski definition) is 3. The second-order valence-corrected chi connectivity index (χ2v) is 5.32. The molecule has 0 aromatic heterocycles. The average molecular weight is 307 g/mol. The van der Waals surface area contributed by atoms with Gasteiger partial charge < -0.3 is 14.6 Å². The lowest BCUT2D eigenvalue weighted by Crippen LogP contribution is -2.00. The van der Waals surface area contributed by atoms with Crippen LogP contribution in [0.15, 0.2) is 42.5 Å². The maximum absolute atomic E-state index is 9.16. The van der Waals surface area contributed by atoms with E-state index < -0.39 is 0 Å². The Morgan fingerprint density at radius 2 is 1.86 bits per heavy atom. The lowest BCUT2D eigenvalue weighted by atomic mass is 10.0. The molecule has 2 aromatic carbocycles. The molecule has 0 spiro atoms. The van der Waals surface area contributed by atoms with E-state index in [2.05, 4.69) is 0 Å². The Labute approximate surface area is 130 Å². The number of methoxy groups -OCH3 is 1. The van der Waals surface area contributed by atoms with Crippen LogP contribution in [0.3, 0.4) is 0 Å². The first kappa shape index (κ1) is 15.7. The normalized spacial score (nSPS) is 12.0. The summed E-state index contributed by atoms with van der Waals surface area (Å²) in [5, 5.41) is 9.72. The monoisotopic (exact) mass is 306 g/mol. The van der Waals surface area contributed by atoms with Gasteiger partial charge in [-0.05, 0) is 35.4 Å². The van der Waals surface area contributed by atoms with E-state index in [1.807, 2.05) is 49.4 Å². The van der Waals surface area contributed by atoms with E-state index in [0.29, 0.717) is 17.4 Å². The summed E-state index contributed by atoms with van der Waals surface area (Å²) in [6.45, 7) is 2.49. The number of aliphatic hydroxyl groups is 1. The van der Waals surface area contributed by atoms with Crippen molar-refractivity contribution in [2.24, 2.45) is 0 Å². The van der Waals surface area contributed by atoms with Crippen molar-refractivity contribution in [3.8, 4) is 11.5 Å². The highest BCUT2D eigenvalue weighted by Crippen LogP contribution is 2.29. The van der Waals surface area contributed by atoms with Crippen LogP contribution in [0.1, 0.15) is 24.0 Å². The van der Waals surface area contributed by atoms with Gasteiger partial charge in [0.1, 0.15) is 18.1 Å². The maximum Gasteiger partial charge on any atom is 0.138 e. The van der Waals surface area contributed by atoms with Crippen LogP contribution in [-0.2, 0) is 6.61 Å². The molecule has 1 atom stereocenters. The molecule has 112 valence electrons. The third-order valence-corrected chi connectivity index (χ3v) is 3.65. The van der Waals surface area contributed by atoms with Crippen molar-refractivity contribution in [1.29, 1.82) is 0 Å². The van der Waals surface area contributed by atoms with Gasteiger partial charge in [0, 0.05) is 12.5 Å². The molecule has 0 bridgehead atoms. The van der Waals surface area contributed by atoms with Crippen molar-refractivity contribution in [3.63, 3.8) is 0 Å². The number of ether oxygens (including phenoxy) is 2. The molecule has 1 unspecified atom stereocenters. The molecule has 4 heteroatoms. The Hall–Kier alpha value is -1.71. The summed E-state index contributed by atoms with van der Waals surface area (Å²) in [5.41, 5.74) is 2.04. The zero-order chi connectivity index (χ0) is 15.2. The molecule has 3 nitrogen and oxygen atoms in total. The zero-order valence-corrected chi connectivity index (χ0v) is 12.9. The van der Waals surface area contributed by atoms with Crippen LogP contribution < -0.4 is 9.47 Å². The van der Waals surface area contributed by atoms with Gasteiger partial charge in [0.25, 0.3) is 0 Å². The van der Waals surface area contributed by atoms with E-state index in [1.54, 1.807) is 7.11 Å². The fourth-order valence-electron chi connectivity index (χ4n) is 1.93. The molecule has 1 N–H and O–H groups in total. The molecular formula is C17H19ClO3. The maximum atomic E-state index is 9.16. The standard InChI is InChI=1S/C17H19ClO3/c1-12(10-19)14-5-8-17(16(18)9-14)21-11-13-3-6-15(20-2)7-4-13/h3-9,12,19H,10-11H2,1-2H3. The highest BCUT2D eigenvalue weighted by molar-refractivity contribution is 6.32. The lowest BCUT2D eigenvalue weighted by Gasteiger charge is -2.12. The van der Waals surface area contributed by atoms with Gasteiger partial charge in [0.2, 0.25) is 0 Å². The van der Waals surface area contributed by atoms with Crippen LogP contribution in [0.25, 0.3) is 0 Å². The number of hydrogen-bond donors (Lipinski definition) is 1. The van der Waals surface area contributed by atoms with Gasteiger partial charge in [-0.1, -0.05) is 36.7 Å². The summed E-state index contributed by atoms with van der Waals surface area (Å²) >= 11 is 6.22. The predicted molar refractivity (Wildman–Crippen MR) is 84.3 cm³/mol. The second kappa shape index (κ2) is 7.34. The van der Waals surface area contributed by atoms with Crippen LogP contribution in [0, 0.1) is 0 Å². The summed E-state index contributed by atoms with van der Waals surface area (Å²) in [7, 11) is 1.64. The molecule has 0 amide bonds. The molecule has 0 aliphatic carbocycles. The molecule has 0 saturated heterocycles. The van der Waals surface area contributed by atoms with E-state index in [4.69, 9.17) is 26.2 Å². The van der Waals surface area contributed by atoms with Crippen LogP contribution in [0.2, 0.25) is 5.02 Å². The van der Waals surface area contributed by atoms with Gasteiger partial charge in [0.15, 0.2) is 0 Å². The Bertz CT molecular complexity index is 581. The molecule has 0 aliphatic rings. The SMILES string of the molecule is COc1ccc(COc2ccc(C(C)CO)cc2Cl)cc1. The van der Waals surface area contributed by atoms with Crippen molar-refractivity contribution >= 4 is 11.6 Å². The molecule has 21 heavy (non-hydrogen) atoms. The van der Waals surface area contributed by atoms with Gasteiger partial charge in [-0.2, -0.15) is 0 Å². The molecule has 0 heterocycles. The van der Waals surface area contributed by atoms with Crippen molar-refractivity contribution < 1.29 is 14.6 Å². The smallest absolute Gasteiger partial charge is 0.138 e. The molecule has 0 radical (unpaired) electrons. The number of rotatable bonds is 6. The third-order valence-electron chi connectivity index (χ3n) is 3.35. The number of aliphatic hydroxyl groups excluding tert-OH is 1. The van der Waals surface area contributed by atoms with Crippen molar-refractivity contribution in [2.75, 3.05) is 13.7 Å². The molecular weight excluding hydrogens is 288 g/mol. The van der Waals surface area contributed by atoms with Gasteiger partial charge in [-0.3, -0.25) is 0 Å². The van der Waals surface area contributed by atoms with Crippen LogP contribution in [-0.4, -0.2) is 18.8 Å². The molecule has 0 aliphatic heterocycles. The van der Waals surface area contributed by atoms with E-state index >= 15 is 0 Å². The Balaban J connectivity index is 2.02. The second-order valence-electron chi connectivity index (χ2n) is 4.91. The van der Waals surface area contributed by atoms with Crippen LogP contribution in [0.4, 0.5) is 0 Å². The summed E-state index contributed by atoms with van der Waals surface area (Å²) in [6.07, 6.45) is 0. The van der Waals surface area contributed by atoms with Crippen LogP contribution in [0.5, 0.6) is 11.5 Å². The molecule has 2 rings (SSSR count). The molecule has 0 saturated carbocycles. The first-order valence-electron chi connectivity index (χ1n) is 6.80. The van der Waals surface area contributed by atoms with E-state index in [1.165, 1.54) is 0 Å². The van der Waals surface area contributed by atoms with Gasteiger partial charge in [0.05, 0.1) is 12.1 Å². The largest absolute Gasteiger partial charge is 0.497 e. The summed E-state index contributed by atoms with van der Waals surface area (Å²) in [6, 6.07) is 13.3. The number of benzene rings is 2. The van der Waals surface area contributed by atoms with E-state index in [9.17, 15) is 0 Å². The minimum atomic E-state index is 0.0677. The molecule has 2 aromatic rings. The van der Waals surface area contributed by atoms with Crippen molar-refractivity contribution in [2.45, 2.75) is 19.4 Å². The average Bonchev–Trinajstić information content (AvgIpc) is 2.53.